The Morgan fingerprint density at radius 2 is 2.00 bits per heavy atom. The second kappa shape index (κ2) is 6.72. The third-order valence-electron chi connectivity index (χ3n) is 3.11. The first-order chi connectivity index (χ1) is 9.95. The minimum atomic E-state index is -0.330. The van der Waals surface area contributed by atoms with Crippen molar-refractivity contribution in [3.63, 3.8) is 0 Å². The molecular weight excluding hydrogens is 289 g/mol. The molecule has 5 heteroatoms. The fourth-order valence-corrected chi connectivity index (χ4v) is 3.14. The van der Waals surface area contributed by atoms with Gasteiger partial charge in [0, 0.05) is 9.75 Å². The monoisotopic (exact) mass is 307 g/mol. The van der Waals surface area contributed by atoms with Crippen LogP contribution in [0.4, 0.5) is 4.39 Å². The number of carbonyl (C=O) groups is 1. The van der Waals surface area contributed by atoms with Gasteiger partial charge in [-0.3, -0.25) is 4.79 Å². The standard InChI is InChI=1S/C16H18FNO2S/c1-10-8-15(12(3)21-10)11(2)18-16(19)9-20-14-6-4-13(17)5-7-14/h4-8,11H,9H2,1-3H3,(H,18,19). The van der Waals surface area contributed by atoms with E-state index in [9.17, 15) is 9.18 Å². The number of aryl methyl sites for hydroxylation is 2. The lowest BCUT2D eigenvalue weighted by molar-refractivity contribution is -0.123. The van der Waals surface area contributed by atoms with E-state index in [4.69, 9.17) is 4.74 Å². The molecule has 1 aromatic heterocycles. The van der Waals surface area contributed by atoms with Crippen molar-refractivity contribution in [2.75, 3.05) is 6.61 Å². The summed E-state index contributed by atoms with van der Waals surface area (Å²) in [6.45, 7) is 5.96. The van der Waals surface area contributed by atoms with Gasteiger partial charge < -0.3 is 10.1 Å². The maximum absolute atomic E-state index is 12.8. The summed E-state index contributed by atoms with van der Waals surface area (Å²) in [5.41, 5.74) is 1.13. The van der Waals surface area contributed by atoms with E-state index in [0.29, 0.717) is 5.75 Å². The smallest absolute Gasteiger partial charge is 0.258 e. The molecule has 1 atom stereocenters. The maximum atomic E-state index is 12.8. The van der Waals surface area contributed by atoms with E-state index in [1.807, 2.05) is 20.8 Å². The molecule has 0 saturated carbocycles. The number of hydrogen-bond acceptors (Lipinski definition) is 3. The van der Waals surface area contributed by atoms with Crippen LogP contribution in [0.1, 0.15) is 28.3 Å². The van der Waals surface area contributed by atoms with Gasteiger partial charge in [0.2, 0.25) is 0 Å². The van der Waals surface area contributed by atoms with Crippen LogP contribution in [0.2, 0.25) is 0 Å². The van der Waals surface area contributed by atoms with E-state index in [2.05, 4.69) is 11.4 Å². The molecule has 1 N–H and O–H groups in total. The molecule has 0 bridgehead atoms. The molecule has 2 aromatic rings. The SMILES string of the molecule is Cc1cc(C(C)NC(=O)COc2ccc(F)cc2)c(C)s1. The first kappa shape index (κ1) is 15.5. The number of nitrogens with one attached hydrogen (secondary N) is 1. The summed E-state index contributed by atoms with van der Waals surface area (Å²) in [5, 5.41) is 2.90. The summed E-state index contributed by atoms with van der Waals surface area (Å²) in [5.74, 6) is -0.0550. The van der Waals surface area contributed by atoms with Crippen LogP contribution in [-0.4, -0.2) is 12.5 Å². The van der Waals surface area contributed by atoms with Crippen LogP contribution in [0.5, 0.6) is 5.75 Å². The number of rotatable bonds is 5. The van der Waals surface area contributed by atoms with Gasteiger partial charge in [-0.1, -0.05) is 0 Å². The third kappa shape index (κ3) is 4.29. The molecular formula is C16H18FNO2S. The van der Waals surface area contributed by atoms with Crippen molar-refractivity contribution in [2.45, 2.75) is 26.8 Å². The van der Waals surface area contributed by atoms with E-state index in [1.165, 1.54) is 34.0 Å². The van der Waals surface area contributed by atoms with E-state index >= 15 is 0 Å². The lowest BCUT2D eigenvalue weighted by Gasteiger charge is -2.14. The minimum absolute atomic E-state index is 0.0562. The number of thiophene rings is 1. The molecule has 1 amide bonds. The Balaban J connectivity index is 1.87. The normalized spacial score (nSPS) is 12.0. The van der Waals surface area contributed by atoms with Gasteiger partial charge in [-0.05, 0) is 56.7 Å². The molecule has 0 fully saturated rings. The average molecular weight is 307 g/mol. The van der Waals surface area contributed by atoms with Crippen LogP contribution < -0.4 is 10.1 Å². The zero-order valence-electron chi connectivity index (χ0n) is 12.3. The van der Waals surface area contributed by atoms with Crippen molar-refractivity contribution in [2.24, 2.45) is 0 Å². The average Bonchev–Trinajstić information content (AvgIpc) is 2.77. The highest BCUT2D eigenvalue weighted by molar-refractivity contribution is 7.12. The molecule has 0 aliphatic heterocycles. The van der Waals surface area contributed by atoms with Crippen LogP contribution >= 0.6 is 11.3 Å². The highest BCUT2D eigenvalue weighted by Crippen LogP contribution is 2.26. The van der Waals surface area contributed by atoms with Crippen LogP contribution in [0.3, 0.4) is 0 Å². The fourth-order valence-electron chi connectivity index (χ4n) is 2.12. The van der Waals surface area contributed by atoms with Gasteiger partial charge in [0.05, 0.1) is 6.04 Å². The Morgan fingerprint density at radius 1 is 1.33 bits per heavy atom. The summed E-state index contributed by atoms with van der Waals surface area (Å²) in [4.78, 5) is 14.3. The van der Waals surface area contributed by atoms with Crippen molar-refractivity contribution in [1.82, 2.24) is 5.32 Å². The highest BCUT2D eigenvalue weighted by Gasteiger charge is 2.14. The Labute approximate surface area is 127 Å². The molecule has 0 spiro atoms. The van der Waals surface area contributed by atoms with Crippen LogP contribution in [-0.2, 0) is 4.79 Å². The first-order valence-electron chi connectivity index (χ1n) is 6.70. The number of benzene rings is 1. The summed E-state index contributed by atoms with van der Waals surface area (Å²) in [6, 6.07) is 7.63. The number of halogens is 1. The molecule has 21 heavy (non-hydrogen) atoms. The Kier molecular flexibility index (Phi) is 4.96. The minimum Gasteiger partial charge on any atom is -0.484 e. The lowest BCUT2D eigenvalue weighted by atomic mass is 10.1. The Morgan fingerprint density at radius 3 is 2.57 bits per heavy atom. The fraction of sp³-hybridized carbons (Fsp3) is 0.312. The lowest BCUT2D eigenvalue weighted by Crippen LogP contribution is -2.31. The van der Waals surface area contributed by atoms with Gasteiger partial charge in [0.15, 0.2) is 6.61 Å². The predicted octanol–water partition coefficient (Wildman–Crippen LogP) is 3.76. The number of hydrogen-bond donors (Lipinski definition) is 1. The van der Waals surface area contributed by atoms with E-state index in [0.717, 1.165) is 5.56 Å². The number of amides is 1. The molecule has 2 rings (SSSR count). The topological polar surface area (TPSA) is 38.3 Å². The van der Waals surface area contributed by atoms with Crippen LogP contribution in [0.15, 0.2) is 30.3 Å². The van der Waals surface area contributed by atoms with Crippen LogP contribution in [0.25, 0.3) is 0 Å². The van der Waals surface area contributed by atoms with Crippen molar-refractivity contribution >= 4 is 17.2 Å². The molecule has 112 valence electrons. The molecule has 0 aliphatic rings. The largest absolute Gasteiger partial charge is 0.484 e. The Bertz CT molecular complexity index is 622. The summed E-state index contributed by atoms with van der Waals surface area (Å²) in [6.07, 6.45) is 0. The first-order valence-corrected chi connectivity index (χ1v) is 7.52. The van der Waals surface area contributed by atoms with Gasteiger partial charge >= 0.3 is 0 Å². The van der Waals surface area contributed by atoms with Crippen LogP contribution in [0, 0.1) is 19.7 Å². The molecule has 1 unspecified atom stereocenters. The van der Waals surface area contributed by atoms with Crippen molar-refractivity contribution in [1.29, 1.82) is 0 Å². The van der Waals surface area contributed by atoms with E-state index in [-0.39, 0.29) is 24.4 Å². The molecule has 0 aliphatic carbocycles. The van der Waals surface area contributed by atoms with E-state index in [1.54, 1.807) is 11.3 Å². The maximum Gasteiger partial charge on any atom is 0.258 e. The zero-order valence-corrected chi connectivity index (χ0v) is 13.1. The quantitative estimate of drug-likeness (QED) is 0.913. The van der Waals surface area contributed by atoms with E-state index < -0.39 is 0 Å². The molecule has 0 saturated heterocycles. The second-order valence-electron chi connectivity index (χ2n) is 4.90. The third-order valence-corrected chi connectivity index (χ3v) is 4.09. The highest BCUT2D eigenvalue weighted by atomic mass is 32.1. The van der Waals surface area contributed by atoms with Gasteiger partial charge in [-0.2, -0.15) is 0 Å². The summed E-state index contributed by atoms with van der Waals surface area (Å²) >= 11 is 1.72. The van der Waals surface area contributed by atoms with Gasteiger partial charge in [-0.25, -0.2) is 4.39 Å². The zero-order chi connectivity index (χ0) is 15.4. The molecule has 3 nitrogen and oxygen atoms in total. The van der Waals surface area contributed by atoms with Crippen molar-refractivity contribution in [3.05, 3.63) is 51.5 Å². The van der Waals surface area contributed by atoms with Gasteiger partial charge in [-0.15, -0.1) is 11.3 Å². The second-order valence-corrected chi connectivity index (χ2v) is 6.36. The number of ether oxygens (including phenoxy) is 1. The van der Waals surface area contributed by atoms with Crippen molar-refractivity contribution in [3.8, 4) is 5.75 Å². The van der Waals surface area contributed by atoms with Gasteiger partial charge in [0.25, 0.3) is 5.91 Å². The van der Waals surface area contributed by atoms with Crippen molar-refractivity contribution < 1.29 is 13.9 Å². The summed E-state index contributed by atoms with van der Waals surface area (Å²) in [7, 11) is 0. The molecule has 1 aromatic carbocycles. The summed E-state index contributed by atoms with van der Waals surface area (Å²) < 4.78 is 18.1. The predicted molar refractivity (Wildman–Crippen MR) is 82.2 cm³/mol. The molecule has 0 radical (unpaired) electrons. The molecule has 1 heterocycles. The number of carbonyl (C=O) groups excluding carboxylic acids is 1. The Hall–Kier alpha value is -1.88. The van der Waals surface area contributed by atoms with Gasteiger partial charge in [0.1, 0.15) is 11.6 Å².